The van der Waals surface area contributed by atoms with Crippen molar-refractivity contribution in [2.45, 2.75) is 38.3 Å². The molecule has 1 N–H and O–H groups in total. The molecule has 108 valence electrons. The first kappa shape index (κ1) is 14.6. The average molecular weight is 296 g/mol. The number of aromatic nitrogens is 3. The van der Waals surface area contributed by atoms with Crippen LogP contribution in [0.25, 0.3) is 0 Å². The lowest BCUT2D eigenvalue weighted by Gasteiger charge is -2.10. The van der Waals surface area contributed by atoms with E-state index in [2.05, 4.69) is 20.7 Å². The molecule has 0 bridgehead atoms. The fourth-order valence-electron chi connectivity index (χ4n) is 1.29. The molecular weight excluding hydrogens is 280 g/mol. The summed E-state index contributed by atoms with van der Waals surface area (Å²) < 4.78 is 10.4. The van der Waals surface area contributed by atoms with Crippen molar-refractivity contribution in [2.24, 2.45) is 0 Å². The Morgan fingerprint density at radius 1 is 1.40 bits per heavy atom. The van der Waals surface area contributed by atoms with Crippen molar-refractivity contribution in [2.75, 3.05) is 11.1 Å². The van der Waals surface area contributed by atoms with Gasteiger partial charge in [-0.2, -0.15) is 0 Å². The third-order valence-electron chi connectivity index (χ3n) is 2.27. The van der Waals surface area contributed by atoms with Crippen LogP contribution < -0.4 is 5.32 Å². The highest BCUT2D eigenvalue weighted by molar-refractivity contribution is 7.99. The Morgan fingerprint density at radius 3 is 2.70 bits per heavy atom. The quantitative estimate of drug-likeness (QED) is 0.865. The highest BCUT2D eigenvalue weighted by Gasteiger charge is 2.21. The number of carbonyl (C=O) groups excluding carboxylic acids is 1. The van der Waals surface area contributed by atoms with Gasteiger partial charge in [-0.1, -0.05) is 37.7 Å². The molecule has 0 aliphatic carbocycles. The number of anilines is 1. The van der Waals surface area contributed by atoms with E-state index in [4.69, 9.17) is 8.94 Å². The SMILES string of the molecule is Cc1cc(NC(=O)CSc2nnc(C(C)(C)C)o2)on1. The van der Waals surface area contributed by atoms with Gasteiger partial charge in [-0.15, -0.1) is 10.2 Å². The summed E-state index contributed by atoms with van der Waals surface area (Å²) in [5.74, 6) is 0.813. The molecule has 20 heavy (non-hydrogen) atoms. The Bertz CT molecular complexity index is 600. The normalized spacial score (nSPS) is 11.6. The topological polar surface area (TPSA) is 94.1 Å². The van der Waals surface area contributed by atoms with Gasteiger partial charge < -0.3 is 8.94 Å². The number of aryl methyl sites for hydroxylation is 1. The number of rotatable bonds is 4. The molecular formula is C12H16N4O3S. The monoisotopic (exact) mass is 296 g/mol. The summed E-state index contributed by atoms with van der Waals surface area (Å²) in [6.45, 7) is 7.72. The molecule has 0 aromatic carbocycles. The summed E-state index contributed by atoms with van der Waals surface area (Å²) in [6, 6.07) is 1.65. The van der Waals surface area contributed by atoms with Crippen molar-refractivity contribution >= 4 is 23.6 Å². The fourth-order valence-corrected chi connectivity index (χ4v) is 1.86. The van der Waals surface area contributed by atoms with Crippen LogP contribution in [0.5, 0.6) is 0 Å². The molecule has 0 fully saturated rings. The number of nitrogens with one attached hydrogen (secondary N) is 1. The van der Waals surface area contributed by atoms with Gasteiger partial charge in [-0.3, -0.25) is 10.1 Å². The molecule has 2 aromatic heterocycles. The number of nitrogens with zero attached hydrogens (tertiary/aromatic N) is 3. The van der Waals surface area contributed by atoms with Crippen LogP contribution in [0, 0.1) is 6.92 Å². The minimum atomic E-state index is -0.221. The maximum Gasteiger partial charge on any atom is 0.277 e. The van der Waals surface area contributed by atoms with Crippen LogP contribution in [-0.2, 0) is 10.2 Å². The fraction of sp³-hybridized carbons (Fsp3) is 0.500. The Hall–Kier alpha value is -1.83. The zero-order valence-corrected chi connectivity index (χ0v) is 12.6. The predicted molar refractivity (Wildman–Crippen MR) is 73.6 cm³/mol. The molecule has 8 heteroatoms. The Balaban J connectivity index is 1.86. The van der Waals surface area contributed by atoms with E-state index in [1.807, 2.05) is 20.8 Å². The van der Waals surface area contributed by atoms with Gasteiger partial charge >= 0.3 is 0 Å². The van der Waals surface area contributed by atoms with Crippen molar-refractivity contribution in [1.29, 1.82) is 0 Å². The summed E-state index contributed by atoms with van der Waals surface area (Å²) in [4.78, 5) is 11.7. The third-order valence-corrected chi connectivity index (χ3v) is 3.08. The lowest BCUT2D eigenvalue weighted by atomic mass is 9.97. The second-order valence-corrected chi connectivity index (χ2v) is 6.22. The molecule has 2 rings (SSSR count). The van der Waals surface area contributed by atoms with Gasteiger partial charge in [0.1, 0.15) is 0 Å². The summed E-state index contributed by atoms with van der Waals surface area (Å²) in [5.41, 5.74) is 0.505. The zero-order chi connectivity index (χ0) is 14.8. The van der Waals surface area contributed by atoms with Crippen molar-refractivity contribution in [1.82, 2.24) is 15.4 Å². The molecule has 2 aromatic rings. The third kappa shape index (κ3) is 3.83. The van der Waals surface area contributed by atoms with E-state index in [1.165, 1.54) is 11.8 Å². The van der Waals surface area contributed by atoms with Crippen LogP contribution in [0.2, 0.25) is 0 Å². The molecule has 1 amide bonds. The van der Waals surface area contributed by atoms with Gasteiger partial charge in [0.15, 0.2) is 0 Å². The van der Waals surface area contributed by atoms with E-state index < -0.39 is 0 Å². The molecule has 7 nitrogen and oxygen atoms in total. The molecule has 2 heterocycles. The molecule has 0 spiro atoms. The first-order valence-electron chi connectivity index (χ1n) is 6.04. The molecule has 0 radical (unpaired) electrons. The molecule has 0 aliphatic heterocycles. The average Bonchev–Trinajstić information content (AvgIpc) is 2.95. The summed E-state index contributed by atoms with van der Waals surface area (Å²) >= 11 is 1.18. The van der Waals surface area contributed by atoms with Gasteiger partial charge in [0, 0.05) is 11.5 Å². The van der Waals surface area contributed by atoms with Crippen LogP contribution in [0.1, 0.15) is 32.4 Å². The molecule has 0 aliphatic rings. The highest BCUT2D eigenvalue weighted by Crippen LogP contribution is 2.24. The summed E-state index contributed by atoms with van der Waals surface area (Å²) in [7, 11) is 0. The molecule has 0 unspecified atom stereocenters. The number of thioether (sulfide) groups is 1. The standard InChI is InChI=1S/C12H16N4O3S/c1-7-5-9(19-16-7)13-8(17)6-20-11-15-14-10(18-11)12(2,3)4/h5H,6H2,1-4H3,(H,13,17). The van der Waals surface area contributed by atoms with E-state index >= 15 is 0 Å². The van der Waals surface area contributed by atoms with E-state index in [0.717, 1.165) is 0 Å². The maximum atomic E-state index is 11.7. The van der Waals surface area contributed by atoms with Crippen molar-refractivity contribution < 1.29 is 13.7 Å². The Labute approximate surface area is 120 Å². The van der Waals surface area contributed by atoms with E-state index in [9.17, 15) is 4.79 Å². The predicted octanol–water partition coefficient (Wildman–Crippen LogP) is 2.39. The van der Waals surface area contributed by atoms with Crippen LogP contribution in [-0.4, -0.2) is 27.0 Å². The zero-order valence-electron chi connectivity index (χ0n) is 11.8. The first-order chi connectivity index (χ1) is 9.34. The van der Waals surface area contributed by atoms with Crippen LogP contribution in [0.3, 0.4) is 0 Å². The smallest absolute Gasteiger partial charge is 0.277 e. The highest BCUT2D eigenvalue weighted by atomic mass is 32.2. The van der Waals surface area contributed by atoms with E-state index in [1.54, 1.807) is 13.0 Å². The second-order valence-electron chi connectivity index (χ2n) is 5.29. The number of hydrogen-bond acceptors (Lipinski definition) is 7. The molecule has 0 atom stereocenters. The van der Waals surface area contributed by atoms with Crippen molar-refractivity contribution in [3.8, 4) is 0 Å². The number of hydrogen-bond donors (Lipinski definition) is 1. The summed E-state index contributed by atoms with van der Waals surface area (Å²) in [5, 5.41) is 14.5. The minimum Gasteiger partial charge on any atom is -0.415 e. The lowest BCUT2D eigenvalue weighted by Crippen LogP contribution is -2.13. The molecule has 0 saturated carbocycles. The minimum absolute atomic E-state index is 0.158. The second kappa shape index (κ2) is 5.66. The summed E-state index contributed by atoms with van der Waals surface area (Å²) in [6.07, 6.45) is 0. The maximum absolute atomic E-state index is 11.7. The van der Waals surface area contributed by atoms with Crippen LogP contribution in [0.4, 0.5) is 5.88 Å². The Kier molecular flexibility index (Phi) is 4.12. The van der Waals surface area contributed by atoms with E-state index in [-0.39, 0.29) is 17.1 Å². The van der Waals surface area contributed by atoms with Gasteiger partial charge in [0.2, 0.25) is 17.7 Å². The molecule has 0 saturated heterocycles. The van der Waals surface area contributed by atoms with E-state index in [0.29, 0.717) is 22.7 Å². The largest absolute Gasteiger partial charge is 0.415 e. The van der Waals surface area contributed by atoms with Crippen LogP contribution in [0.15, 0.2) is 20.2 Å². The van der Waals surface area contributed by atoms with Gasteiger partial charge in [0.05, 0.1) is 11.4 Å². The van der Waals surface area contributed by atoms with Gasteiger partial charge in [-0.05, 0) is 6.92 Å². The number of carbonyl (C=O) groups is 1. The lowest BCUT2D eigenvalue weighted by molar-refractivity contribution is -0.113. The Morgan fingerprint density at radius 2 is 2.15 bits per heavy atom. The van der Waals surface area contributed by atoms with Crippen molar-refractivity contribution in [3.63, 3.8) is 0 Å². The van der Waals surface area contributed by atoms with Gasteiger partial charge in [0.25, 0.3) is 5.22 Å². The van der Waals surface area contributed by atoms with Gasteiger partial charge in [-0.25, -0.2) is 0 Å². The van der Waals surface area contributed by atoms with Crippen LogP contribution >= 0.6 is 11.8 Å². The van der Waals surface area contributed by atoms with Crippen molar-refractivity contribution in [3.05, 3.63) is 17.7 Å². The number of amides is 1. The first-order valence-corrected chi connectivity index (χ1v) is 7.03.